The van der Waals surface area contributed by atoms with Gasteiger partial charge < -0.3 is 9.84 Å². The number of rotatable bonds is 9. The zero-order valence-electron chi connectivity index (χ0n) is 17.8. The lowest BCUT2D eigenvalue weighted by atomic mass is 9.88. The van der Waals surface area contributed by atoms with Crippen molar-refractivity contribution in [1.29, 1.82) is 0 Å². The summed E-state index contributed by atoms with van der Waals surface area (Å²) in [5, 5.41) is 20.6. The number of aliphatic hydroxyl groups is 1. The van der Waals surface area contributed by atoms with Crippen molar-refractivity contribution in [2.24, 2.45) is 0 Å². The minimum atomic E-state index is -1.84. The van der Waals surface area contributed by atoms with Gasteiger partial charge in [0.25, 0.3) is 0 Å². The Morgan fingerprint density at radius 1 is 1.12 bits per heavy atom. The van der Waals surface area contributed by atoms with E-state index in [0.29, 0.717) is 17.3 Å². The van der Waals surface area contributed by atoms with E-state index in [9.17, 15) is 13.9 Å². The molecule has 1 N–H and O–H groups in total. The van der Waals surface area contributed by atoms with Crippen LogP contribution < -0.4 is 0 Å². The maximum atomic E-state index is 14.6. The standard InChI is InChI=1S/C23H22ClF2N5O2/c1-16(33-12-20-8-9-30(29-20)11-17-2-4-18(24)5-3-17)23(32,13-31-15-27-14-28-31)21-7-6-19(25)10-22(21)26/h2-10,14-16,32H,11-13H2,1H3/t16-,23-/m1/s1. The number of ether oxygens (including phenoxy) is 1. The molecule has 0 unspecified atom stereocenters. The van der Waals surface area contributed by atoms with Gasteiger partial charge in [-0.15, -0.1) is 0 Å². The molecule has 0 fully saturated rings. The van der Waals surface area contributed by atoms with Crippen LogP contribution in [0.3, 0.4) is 0 Å². The molecule has 2 aromatic heterocycles. The molecule has 0 aliphatic carbocycles. The second-order valence-electron chi connectivity index (χ2n) is 7.73. The van der Waals surface area contributed by atoms with Crippen molar-refractivity contribution in [3.05, 3.63) is 101 Å². The highest BCUT2D eigenvalue weighted by molar-refractivity contribution is 6.30. The van der Waals surface area contributed by atoms with E-state index in [1.807, 2.05) is 30.5 Å². The quantitative estimate of drug-likeness (QED) is 0.398. The van der Waals surface area contributed by atoms with Crippen LogP contribution in [0.15, 0.2) is 67.4 Å². The molecule has 0 saturated carbocycles. The summed E-state index contributed by atoms with van der Waals surface area (Å²) in [6.07, 6.45) is 3.64. The molecule has 33 heavy (non-hydrogen) atoms. The SMILES string of the molecule is C[C@@H](OCc1ccn(Cc2ccc(Cl)cc2)n1)[C@](O)(Cn1cncn1)c1ccc(F)cc1F. The third kappa shape index (κ3) is 5.44. The van der Waals surface area contributed by atoms with E-state index in [1.165, 1.54) is 23.4 Å². The number of hydrogen-bond donors (Lipinski definition) is 1. The van der Waals surface area contributed by atoms with Gasteiger partial charge in [-0.1, -0.05) is 29.8 Å². The first-order valence-corrected chi connectivity index (χ1v) is 10.6. The number of benzene rings is 2. The lowest BCUT2D eigenvalue weighted by Crippen LogP contribution is -2.44. The molecule has 0 radical (unpaired) electrons. The van der Waals surface area contributed by atoms with Gasteiger partial charge in [-0.3, -0.25) is 4.68 Å². The van der Waals surface area contributed by atoms with Crippen molar-refractivity contribution < 1.29 is 18.6 Å². The highest BCUT2D eigenvalue weighted by atomic mass is 35.5. The van der Waals surface area contributed by atoms with Crippen LogP contribution in [0.1, 0.15) is 23.7 Å². The summed E-state index contributed by atoms with van der Waals surface area (Å²) in [7, 11) is 0. The zero-order valence-corrected chi connectivity index (χ0v) is 18.5. The maximum Gasteiger partial charge on any atom is 0.138 e. The molecule has 172 valence electrons. The number of hydrogen-bond acceptors (Lipinski definition) is 5. The Kier molecular flexibility index (Phi) is 6.83. The van der Waals surface area contributed by atoms with Crippen LogP contribution in [-0.4, -0.2) is 35.8 Å². The van der Waals surface area contributed by atoms with E-state index in [0.717, 1.165) is 17.7 Å². The summed E-state index contributed by atoms with van der Waals surface area (Å²) in [5.74, 6) is -1.61. The fourth-order valence-electron chi connectivity index (χ4n) is 3.53. The van der Waals surface area contributed by atoms with Gasteiger partial charge in [0.2, 0.25) is 0 Å². The fraction of sp³-hybridized carbons (Fsp3) is 0.261. The van der Waals surface area contributed by atoms with E-state index in [1.54, 1.807) is 17.7 Å². The lowest BCUT2D eigenvalue weighted by Gasteiger charge is -2.34. The predicted molar refractivity (Wildman–Crippen MR) is 117 cm³/mol. The van der Waals surface area contributed by atoms with Gasteiger partial charge in [-0.2, -0.15) is 10.2 Å². The smallest absolute Gasteiger partial charge is 0.138 e. The van der Waals surface area contributed by atoms with Gasteiger partial charge in [0.05, 0.1) is 31.5 Å². The Hall–Kier alpha value is -3.14. The van der Waals surface area contributed by atoms with Crippen molar-refractivity contribution in [3.63, 3.8) is 0 Å². The molecule has 2 heterocycles. The van der Waals surface area contributed by atoms with Gasteiger partial charge >= 0.3 is 0 Å². The molecule has 7 nitrogen and oxygen atoms in total. The fourth-order valence-corrected chi connectivity index (χ4v) is 3.65. The predicted octanol–water partition coefficient (Wildman–Crippen LogP) is 3.95. The van der Waals surface area contributed by atoms with E-state index in [4.69, 9.17) is 16.3 Å². The van der Waals surface area contributed by atoms with Crippen LogP contribution in [0.5, 0.6) is 0 Å². The highest BCUT2D eigenvalue weighted by Crippen LogP contribution is 2.32. The summed E-state index contributed by atoms with van der Waals surface area (Å²) in [6.45, 7) is 2.12. The molecule has 0 bridgehead atoms. The summed E-state index contributed by atoms with van der Waals surface area (Å²) in [6, 6.07) is 12.3. The van der Waals surface area contributed by atoms with Crippen LogP contribution in [0.25, 0.3) is 0 Å². The van der Waals surface area contributed by atoms with Crippen LogP contribution in [0.4, 0.5) is 8.78 Å². The van der Waals surface area contributed by atoms with Crippen molar-refractivity contribution in [3.8, 4) is 0 Å². The molecule has 4 rings (SSSR count). The van der Waals surface area contributed by atoms with Crippen molar-refractivity contribution in [1.82, 2.24) is 24.5 Å². The van der Waals surface area contributed by atoms with Crippen LogP contribution in [0, 0.1) is 11.6 Å². The van der Waals surface area contributed by atoms with Gasteiger partial charge in [-0.25, -0.2) is 18.4 Å². The summed E-state index contributed by atoms with van der Waals surface area (Å²) < 4.78 is 37.1. The largest absolute Gasteiger partial charge is 0.380 e. The third-order valence-electron chi connectivity index (χ3n) is 5.37. The normalized spacial score (nSPS) is 14.2. The van der Waals surface area contributed by atoms with Gasteiger partial charge in [0.1, 0.15) is 29.9 Å². The highest BCUT2D eigenvalue weighted by Gasteiger charge is 2.40. The second-order valence-corrected chi connectivity index (χ2v) is 8.16. The van der Waals surface area contributed by atoms with Crippen molar-refractivity contribution in [2.45, 2.75) is 38.3 Å². The topological polar surface area (TPSA) is 78.0 Å². The minimum absolute atomic E-state index is 0.0806. The first kappa shape index (κ1) is 23.0. The average Bonchev–Trinajstić information content (AvgIpc) is 3.45. The first-order valence-electron chi connectivity index (χ1n) is 10.2. The second kappa shape index (κ2) is 9.78. The monoisotopic (exact) mass is 473 g/mol. The van der Waals surface area contributed by atoms with E-state index < -0.39 is 23.3 Å². The average molecular weight is 474 g/mol. The molecule has 4 aromatic rings. The Bertz CT molecular complexity index is 1200. The van der Waals surface area contributed by atoms with Gasteiger partial charge in [0.15, 0.2) is 0 Å². The first-order chi connectivity index (χ1) is 15.8. The van der Waals surface area contributed by atoms with E-state index >= 15 is 0 Å². The molecule has 0 aliphatic rings. The molecule has 0 aliphatic heterocycles. The number of aromatic nitrogens is 5. The molecule has 0 saturated heterocycles. The summed E-state index contributed by atoms with van der Waals surface area (Å²) in [5.41, 5.74) is -0.256. The Morgan fingerprint density at radius 2 is 1.91 bits per heavy atom. The molecule has 10 heteroatoms. The van der Waals surface area contributed by atoms with Crippen molar-refractivity contribution >= 4 is 11.6 Å². The molecule has 2 aromatic carbocycles. The third-order valence-corrected chi connectivity index (χ3v) is 5.63. The zero-order chi connectivity index (χ0) is 23.4. The van der Waals surface area contributed by atoms with Gasteiger partial charge in [-0.05, 0) is 36.8 Å². The number of nitrogens with zero attached hydrogens (tertiary/aromatic N) is 5. The van der Waals surface area contributed by atoms with E-state index in [2.05, 4.69) is 15.2 Å². The van der Waals surface area contributed by atoms with Crippen LogP contribution in [0.2, 0.25) is 5.02 Å². The molecule has 2 atom stereocenters. The van der Waals surface area contributed by atoms with Crippen LogP contribution in [-0.2, 0) is 30.0 Å². The molecule has 0 spiro atoms. The van der Waals surface area contributed by atoms with E-state index in [-0.39, 0.29) is 18.7 Å². The number of halogens is 3. The van der Waals surface area contributed by atoms with Gasteiger partial charge in [0, 0.05) is 22.8 Å². The summed E-state index contributed by atoms with van der Waals surface area (Å²) >= 11 is 5.92. The Labute approximate surface area is 194 Å². The summed E-state index contributed by atoms with van der Waals surface area (Å²) in [4.78, 5) is 3.86. The molecular weight excluding hydrogens is 452 g/mol. The Balaban J connectivity index is 1.48. The lowest BCUT2D eigenvalue weighted by molar-refractivity contribution is -0.124. The minimum Gasteiger partial charge on any atom is -0.380 e. The Morgan fingerprint density at radius 3 is 2.61 bits per heavy atom. The van der Waals surface area contributed by atoms with Crippen LogP contribution >= 0.6 is 11.6 Å². The molecule has 0 amide bonds. The molecular formula is C23H22ClF2N5O2. The van der Waals surface area contributed by atoms with Crippen molar-refractivity contribution in [2.75, 3.05) is 0 Å². The maximum absolute atomic E-state index is 14.6.